The van der Waals surface area contributed by atoms with E-state index >= 15 is 0 Å². The zero-order valence-electron chi connectivity index (χ0n) is 10.3. The number of nitrogens with zero attached hydrogens (tertiary/aromatic N) is 3. The minimum Gasteiger partial charge on any atom is -0.334 e. The van der Waals surface area contributed by atoms with E-state index in [-0.39, 0.29) is 5.91 Å². The third-order valence-electron chi connectivity index (χ3n) is 2.87. The first-order chi connectivity index (χ1) is 8.65. The van der Waals surface area contributed by atoms with Crippen molar-refractivity contribution >= 4 is 22.6 Å². The number of nitrogens with one attached hydrogen (secondary N) is 1. The number of anilines is 1. The number of amides is 1. The summed E-state index contributed by atoms with van der Waals surface area (Å²) in [7, 11) is 1.91. The second-order valence-corrected chi connectivity index (χ2v) is 4.14. The van der Waals surface area contributed by atoms with Crippen LogP contribution in [0.4, 0.5) is 5.69 Å². The molecule has 1 amide bonds. The van der Waals surface area contributed by atoms with Gasteiger partial charge in [0.15, 0.2) is 0 Å². The molecule has 5 nitrogen and oxygen atoms in total. The number of aromatic nitrogens is 2. The lowest BCUT2D eigenvalue weighted by atomic mass is 10.1. The van der Waals surface area contributed by atoms with Crippen molar-refractivity contribution in [2.24, 2.45) is 13.0 Å². The molecular weight excluding hydrogens is 228 g/mol. The van der Waals surface area contributed by atoms with Gasteiger partial charge in [0, 0.05) is 12.7 Å². The van der Waals surface area contributed by atoms with E-state index in [1.165, 1.54) is 0 Å². The predicted octanol–water partition coefficient (Wildman–Crippen LogP) is 2.06. The molecule has 18 heavy (non-hydrogen) atoms. The van der Waals surface area contributed by atoms with Gasteiger partial charge in [-0.05, 0) is 24.6 Å². The number of nitriles is 1. The quantitative estimate of drug-likeness (QED) is 0.895. The number of benzene rings is 1. The Bertz CT molecular complexity index is 623. The second-order valence-electron chi connectivity index (χ2n) is 4.14. The van der Waals surface area contributed by atoms with Gasteiger partial charge in [-0.3, -0.25) is 4.79 Å². The summed E-state index contributed by atoms with van der Waals surface area (Å²) in [6.07, 6.45) is 2.23. The van der Waals surface area contributed by atoms with Gasteiger partial charge in [-0.15, -0.1) is 0 Å². The molecule has 5 heteroatoms. The van der Waals surface area contributed by atoms with Gasteiger partial charge in [0.25, 0.3) is 0 Å². The molecule has 0 fully saturated rings. The predicted molar refractivity (Wildman–Crippen MR) is 68.7 cm³/mol. The summed E-state index contributed by atoms with van der Waals surface area (Å²) < 4.78 is 1.91. The first-order valence-corrected chi connectivity index (χ1v) is 5.77. The molecule has 1 heterocycles. The van der Waals surface area contributed by atoms with Gasteiger partial charge in [-0.1, -0.05) is 6.92 Å². The van der Waals surface area contributed by atoms with Crippen LogP contribution in [0.1, 0.15) is 13.3 Å². The van der Waals surface area contributed by atoms with Crippen LogP contribution in [0.5, 0.6) is 0 Å². The van der Waals surface area contributed by atoms with E-state index < -0.39 is 5.92 Å². The molecule has 92 valence electrons. The van der Waals surface area contributed by atoms with Crippen molar-refractivity contribution in [2.45, 2.75) is 13.3 Å². The first-order valence-electron chi connectivity index (χ1n) is 5.77. The maximum absolute atomic E-state index is 11.8. The van der Waals surface area contributed by atoms with Crippen LogP contribution in [0, 0.1) is 17.2 Å². The number of aryl methyl sites for hydroxylation is 1. The first kappa shape index (κ1) is 12.1. The van der Waals surface area contributed by atoms with Gasteiger partial charge in [-0.25, -0.2) is 4.98 Å². The zero-order chi connectivity index (χ0) is 13.1. The highest BCUT2D eigenvalue weighted by atomic mass is 16.1. The fraction of sp³-hybridized carbons (Fsp3) is 0.308. The van der Waals surface area contributed by atoms with Gasteiger partial charge >= 0.3 is 0 Å². The van der Waals surface area contributed by atoms with Crippen molar-refractivity contribution in [2.75, 3.05) is 5.32 Å². The van der Waals surface area contributed by atoms with Crippen LogP contribution in [-0.2, 0) is 11.8 Å². The monoisotopic (exact) mass is 242 g/mol. The van der Waals surface area contributed by atoms with Crippen LogP contribution in [-0.4, -0.2) is 15.5 Å². The Morgan fingerprint density at radius 3 is 3.06 bits per heavy atom. The lowest BCUT2D eigenvalue weighted by Gasteiger charge is -2.08. The fourth-order valence-electron chi connectivity index (χ4n) is 1.78. The summed E-state index contributed by atoms with van der Waals surface area (Å²) in [5, 5.41) is 11.6. The maximum atomic E-state index is 11.8. The summed E-state index contributed by atoms with van der Waals surface area (Å²) in [4.78, 5) is 16.0. The highest BCUT2D eigenvalue weighted by Gasteiger charge is 2.15. The van der Waals surface area contributed by atoms with Crippen molar-refractivity contribution in [1.29, 1.82) is 5.26 Å². The number of rotatable bonds is 3. The largest absolute Gasteiger partial charge is 0.334 e. The second kappa shape index (κ2) is 4.88. The number of carbonyl (C=O) groups is 1. The standard InChI is InChI=1S/C13H14N4O/c1-3-9(7-14)13(18)16-10-4-5-12-11(6-10)15-8-17(12)2/h4-6,8-9H,3H2,1-2H3,(H,16,18). The Morgan fingerprint density at radius 2 is 2.39 bits per heavy atom. The third-order valence-corrected chi connectivity index (χ3v) is 2.87. The van der Waals surface area contributed by atoms with Gasteiger partial charge in [-0.2, -0.15) is 5.26 Å². The van der Waals surface area contributed by atoms with Crippen molar-refractivity contribution < 1.29 is 4.79 Å². The number of imidazole rings is 1. The van der Waals surface area contributed by atoms with Gasteiger partial charge in [0.2, 0.25) is 5.91 Å². The normalized spacial score (nSPS) is 12.1. The highest BCUT2D eigenvalue weighted by molar-refractivity contribution is 5.95. The minimum absolute atomic E-state index is 0.268. The molecule has 0 spiro atoms. The van der Waals surface area contributed by atoms with Crippen molar-refractivity contribution in [1.82, 2.24) is 9.55 Å². The van der Waals surface area contributed by atoms with Crippen LogP contribution in [0.3, 0.4) is 0 Å². The van der Waals surface area contributed by atoms with Gasteiger partial charge < -0.3 is 9.88 Å². The van der Waals surface area contributed by atoms with Crippen LogP contribution in [0.15, 0.2) is 24.5 Å². The number of carbonyl (C=O) groups excluding carboxylic acids is 1. The molecule has 0 saturated heterocycles. The molecule has 0 aliphatic carbocycles. The van der Waals surface area contributed by atoms with Crippen LogP contribution in [0.2, 0.25) is 0 Å². The van der Waals surface area contributed by atoms with Gasteiger partial charge in [0.05, 0.1) is 23.4 Å². The van der Waals surface area contributed by atoms with E-state index in [0.29, 0.717) is 12.1 Å². The zero-order valence-corrected chi connectivity index (χ0v) is 10.3. The molecule has 0 aliphatic heterocycles. The summed E-state index contributed by atoms with van der Waals surface area (Å²) in [5.74, 6) is -0.875. The minimum atomic E-state index is -0.607. The molecule has 2 rings (SSSR count). The molecule has 1 unspecified atom stereocenters. The van der Waals surface area contributed by atoms with E-state index in [1.807, 2.05) is 36.7 Å². The Kier molecular flexibility index (Phi) is 3.28. The fourth-order valence-corrected chi connectivity index (χ4v) is 1.78. The lowest BCUT2D eigenvalue weighted by molar-refractivity contribution is -0.118. The van der Waals surface area contributed by atoms with Crippen molar-refractivity contribution in [3.05, 3.63) is 24.5 Å². The van der Waals surface area contributed by atoms with E-state index in [0.717, 1.165) is 11.0 Å². The molecule has 0 radical (unpaired) electrons. The number of hydrogen-bond donors (Lipinski definition) is 1. The van der Waals surface area contributed by atoms with Crippen molar-refractivity contribution in [3.63, 3.8) is 0 Å². The average molecular weight is 242 g/mol. The van der Waals surface area contributed by atoms with E-state index in [9.17, 15) is 4.79 Å². The van der Waals surface area contributed by atoms with E-state index in [2.05, 4.69) is 10.3 Å². The molecule has 1 N–H and O–H groups in total. The highest BCUT2D eigenvalue weighted by Crippen LogP contribution is 2.18. The topological polar surface area (TPSA) is 70.7 Å². The number of fused-ring (bicyclic) bond motifs is 1. The average Bonchev–Trinajstić information content (AvgIpc) is 2.72. The van der Waals surface area contributed by atoms with E-state index in [1.54, 1.807) is 12.4 Å². The molecule has 1 aromatic carbocycles. The summed E-state index contributed by atoms with van der Waals surface area (Å²) >= 11 is 0. The lowest BCUT2D eigenvalue weighted by Crippen LogP contribution is -2.20. The van der Waals surface area contributed by atoms with Crippen molar-refractivity contribution in [3.8, 4) is 6.07 Å². The Morgan fingerprint density at radius 1 is 1.61 bits per heavy atom. The molecule has 1 aromatic heterocycles. The molecule has 0 bridgehead atoms. The Labute approximate surface area is 105 Å². The summed E-state index contributed by atoms with van der Waals surface area (Å²) in [6, 6.07) is 7.49. The molecular formula is C13H14N4O. The SMILES string of the molecule is CCC(C#N)C(=O)Nc1ccc2c(c1)ncn2C. The molecule has 1 atom stereocenters. The summed E-state index contributed by atoms with van der Waals surface area (Å²) in [6.45, 7) is 1.81. The third kappa shape index (κ3) is 2.18. The van der Waals surface area contributed by atoms with Gasteiger partial charge in [0.1, 0.15) is 5.92 Å². The molecule has 2 aromatic rings. The van der Waals surface area contributed by atoms with Crippen LogP contribution in [0.25, 0.3) is 11.0 Å². The van der Waals surface area contributed by atoms with E-state index in [4.69, 9.17) is 5.26 Å². The Hall–Kier alpha value is -2.35. The summed E-state index contributed by atoms with van der Waals surface area (Å²) in [5.41, 5.74) is 2.49. The van der Waals surface area contributed by atoms with Crippen LogP contribution < -0.4 is 5.32 Å². The van der Waals surface area contributed by atoms with Crippen LogP contribution >= 0.6 is 0 Å². The molecule has 0 aliphatic rings. The smallest absolute Gasteiger partial charge is 0.241 e. The number of hydrogen-bond acceptors (Lipinski definition) is 3. The molecule has 0 saturated carbocycles. The maximum Gasteiger partial charge on any atom is 0.241 e. The Balaban J connectivity index is 2.22.